The monoisotopic (exact) mass is 303 g/mol. The highest BCUT2D eigenvalue weighted by Gasteiger charge is 2.22. The summed E-state index contributed by atoms with van der Waals surface area (Å²) in [5, 5.41) is 3.22. The summed E-state index contributed by atoms with van der Waals surface area (Å²) in [4.78, 5) is 28.3. The molecular formula is C17H25N3O2. The van der Waals surface area contributed by atoms with Gasteiger partial charge in [0, 0.05) is 38.8 Å². The minimum absolute atomic E-state index is 0.0137. The number of carbonyl (C=O) groups is 2. The van der Waals surface area contributed by atoms with Crippen molar-refractivity contribution in [3.8, 4) is 0 Å². The molecule has 1 saturated heterocycles. The van der Waals surface area contributed by atoms with Crippen molar-refractivity contribution in [2.75, 3.05) is 39.8 Å². The second-order valence-electron chi connectivity index (χ2n) is 6.07. The van der Waals surface area contributed by atoms with E-state index in [2.05, 4.69) is 5.32 Å². The Morgan fingerprint density at radius 2 is 1.68 bits per heavy atom. The van der Waals surface area contributed by atoms with Gasteiger partial charge in [0.15, 0.2) is 0 Å². The van der Waals surface area contributed by atoms with E-state index in [0.717, 1.165) is 29.8 Å². The maximum Gasteiger partial charge on any atom is 0.254 e. The summed E-state index contributed by atoms with van der Waals surface area (Å²) in [6.07, 6.45) is 0. The van der Waals surface area contributed by atoms with Crippen LogP contribution in [-0.2, 0) is 4.79 Å². The van der Waals surface area contributed by atoms with Crippen LogP contribution in [0.2, 0.25) is 0 Å². The van der Waals surface area contributed by atoms with Gasteiger partial charge in [-0.15, -0.1) is 0 Å². The largest absolute Gasteiger partial charge is 0.339 e. The van der Waals surface area contributed by atoms with Crippen molar-refractivity contribution in [1.29, 1.82) is 0 Å². The molecule has 0 spiro atoms. The minimum Gasteiger partial charge on any atom is -0.339 e. The predicted octanol–water partition coefficient (Wildman–Crippen LogP) is 1.12. The lowest BCUT2D eigenvalue weighted by Crippen LogP contribution is -2.49. The number of hydrogen-bond donors (Lipinski definition) is 1. The van der Waals surface area contributed by atoms with Crippen LogP contribution in [0.15, 0.2) is 12.1 Å². The zero-order valence-electron chi connectivity index (χ0n) is 13.9. The van der Waals surface area contributed by atoms with Gasteiger partial charge >= 0.3 is 0 Å². The Morgan fingerprint density at radius 1 is 1.14 bits per heavy atom. The van der Waals surface area contributed by atoms with Gasteiger partial charge in [-0.05, 0) is 31.9 Å². The van der Waals surface area contributed by atoms with Crippen LogP contribution in [0.3, 0.4) is 0 Å². The molecule has 0 bridgehead atoms. The Bertz CT molecular complexity index is 554. The van der Waals surface area contributed by atoms with Gasteiger partial charge < -0.3 is 15.1 Å². The number of piperazine rings is 1. The first-order valence-electron chi connectivity index (χ1n) is 7.72. The molecule has 1 aromatic carbocycles. The van der Waals surface area contributed by atoms with Gasteiger partial charge in [-0.2, -0.15) is 0 Å². The number of rotatable bonds is 3. The standard InChI is InChI=1S/C17H25N3O2/c1-12-9-13(2)16(14(3)10-12)17(22)19(4)11-15(21)20-7-5-18-6-8-20/h9-10,18H,5-8,11H2,1-4H3. The van der Waals surface area contributed by atoms with Crippen molar-refractivity contribution >= 4 is 11.8 Å². The summed E-state index contributed by atoms with van der Waals surface area (Å²) < 4.78 is 0. The summed E-state index contributed by atoms with van der Waals surface area (Å²) in [6.45, 7) is 9.10. The Hall–Kier alpha value is -1.88. The van der Waals surface area contributed by atoms with Gasteiger partial charge in [0.25, 0.3) is 5.91 Å². The maximum atomic E-state index is 12.7. The second kappa shape index (κ2) is 6.92. The number of benzene rings is 1. The van der Waals surface area contributed by atoms with Crippen molar-refractivity contribution in [2.45, 2.75) is 20.8 Å². The van der Waals surface area contributed by atoms with Crippen molar-refractivity contribution in [2.24, 2.45) is 0 Å². The molecule has 2 amide bonds. The summed E-state index contributed by atoms with van der Waals surface area (Å²) in [6, 6.07) is 4.01. The number of hydrogen-bond acceptors (Lipinski definition) is 3. The predicted molar refractivity (Wildman–Crippen MR) is 87.1 cm³/mol. The molecule has 1 aliphatic heterocycles. The number of nitrogens with zero attached hydrogens (tertiary/aromatic N) is 2. The summed E-state index contributed by atoms with van der Waals surface area (Å²) in [5.74, 6) is -0.0711. The lowest BCUT2D eigenvalue weighted by molar-refractivity contribution is -0.132. The highest BCUT2D eigenvalue weighted by atomic mass is 16.2. The number of aryl methyl sites for hydroxylation is 3. The maximum absolute atomic E-state index is 12.7. The van der Waals surface area contributed by atoms with Gasteiger partial charge in [-0.3, -0.25) is 9.59 Å². The molecule has 1 heterocycles. The molecule has 1 fully saturated rings. The van der Waals surface area contributed by atoms with Gasteiger partial charge in [0.1, 0.15) is 0 Å². The van der Waals surface area contributed by atoms with E-state index in [-0.39, 0.29) is 18.4 Å². The van der Waals surface area contributed by atoms with Gasteiger partial charge in [-0.25, -0.2) is 0 Å². The zero-order valence-corrected chi connectivity index (χ0v) is 13.9. The molecule has 0 atom stereocenters. The fourth-order valence-corrected chi connectivity index (χ4v) is 3.00. The molecule has 22 heavy (non-hydrogen) atoms. The minimum atomic E-state index is -0.0847. The van der Waals surface area contributed by atoms with Crippen LogP contribution in [0.4, 0.5) is 0 Å². The first-order valence-corrected chi connectivity index (χ1v) is 7.72. The molecule has 5 heteroatoms. The fourth-order valence-electron chi connectivity index (χ4n) is 3.00. The summed E-state index contributed by atoms with van der Waals surface area (Å²) in [5.41, 5.74) is 3.78. The van der Waals surface area contributed by atoms with E-state index in [1.165, 1.54) is 4.90 Å². The quantitative estimate of drug-likeness (QED) is 0.910. The molecule has 1 aliphatic rings. The average molecular weight is 303 g/mol. The lowest BCUT2D eigenvalue weighted by atomic mass is 9.99. The van der Waals surface area contributed by atoms with E-state index in [0.29, 0.717) is 18.7 Å². The molecule has 1 N–H and O–H groups in total. The van der Waals surface area contributed by atoms with Crippen molar-refractivity contribution < 1.29 is 9.59 Å². The third-order valence-electron chi connectivity index (χ3n) is 4.08. The van der Waals surface area contributed by atoms with E-state index in [4.69, 9.17) is 0 Å². The Labute approximate surface area is 132 Å². The van der Waals surface area contributed by atoms with Crippen LogP contribution < -0.4 is 5.32 Å². The third kappa shape index (κ3) is 3.65. The van der Waals surface area contributed by atoms with Gasteiger partial charge in [0.2, 0.25) is 5.91 Å². The fraction of sp³-hybridized carbons (Fsp3) is 0.529. The van der Waals surface area contributed by atoms with E-state index in [1.807, 2.05) is 37.8 Å². The molecule has 1 aromatic rings. The highest BCUT2D eigenvalue weighted by molar-refractivity contribution is 5.98. The molecule has 0 aliphatic carbocycles. The topological polar surface area (TPSA) is 52.7 Å². The molecule has 120 valence electrons. The molecule has 0 aromatic heterocycles. The SMILES string of the molecule is Cc1cc(C)c(C(=O)N(C)CC(=O)N2CCNCC2)c(C)c1. The van der Waals surface area contributed by atoms with Crippen LogP contribution in [0, 0.1) is 20.8 Å². The first-order chi connectivity index (χ1) is 10.4. The lowest BCUT2D eigenvalue weighted by Gasteiger charge is -2.29. The van der Waals surface area contributed by atoms with E-state index in [9.17, 15) is 9.59 Å². The Kier molecular flexibility index (Phi) is 5.19. The van der Waals surface area contributed by atoms with Crippen LogP contribution >= 0.6 is 0 Å². The van der Waals surface area contributed by atoms with Crippen LogP contribution in [-0.4, -0.2) is 61.4 Å². The highest BCUT2D eigenvalue weighted by Crippen LogP contribution is 2.18. The molecule has 0 saturated carbocycles. The molecule has 0 radical (unpaired) electrons. The van der Waals surface area contributed by atoms with Crippen molar-refractivity contribution in [1.82, 2.24) is 15.1 Å². The van der Waals surface area contributed by atoms with E-state index >= 15 is 0 Å². The van der Waals surface area contributed by atoms with E-state index < -0.39 is 0 Å². The normalized spacial score (nSPS) is 14.8. The number of nitrogens with one attached hydrogen (secondary N) is 1. The summed E-state index contributed by atoms with van der Waals surface area (Å²) >= 11 is 0. The van der Waals surface area contributed by atoms with Crippen LogP contribution in [0.5, 0.6) is 0 Å². The molecule has 5 nitrogen and oxygen atoms in total. The van der Waals surface area contributed by atoms with Gasteiger partial charge in [-0.1, -0.05) is 17.7 Å². The number of amides is 2. The van der Waals surface area contributed by atoms with Crippen LogP contribution in [0.1, 0.15) is 27.0 Å². The summed E-state index contributed by atoms with van der Waals surface area (Å²) in [7, 11) is 1.70. The van der Waals surface area contributed by atoms with Crippen molar-refractivity contribution in [3.63, 3.8) is 0 Å². The average Bonchev–Trinajstić information content (AvgIpc) is 2.46. The van der Waals surface area contributed by atoms with Crippen LogP contribution in [0.25, 0.3) is 0 Å². The Morgan fingerprint density at radius 3 is 2.23 bits per heavy atom. The smallest absolute Gasteiger partial charge is 0.254 e. The molecular weight excluding hydrogens is 278 g/mol. The van der Waals surface area contributed by atoms with E-state index in [1.54, 1.807) is 7.05 Å². The first kappa shape index (κ1) is 16.5. The number of likely N-dealkylation sites (N-methyl/N-ethyl adjacent to an activating group) is 1. The second-order valence-corrected chi connectivity index (χ2v) is 6.07. The molecule has 2 rings (SSSR count). The zero-order chi connectivity index (χ0) is 16.3. The number of carbonyl (C=O) groups excluding carboxylic acids is 2. The third-order valence-corrected chi connectivity index (χ3v) is 4.08. The van der Waals surface area contributed by atoms with Gasteiger partial charge in [0.05, 0.1) is 6.54 Å². The van der Waals surface area contributed by atoms with Crippen molar-refractivity contribution in [3.05, 3.63) is 34.4 Å². The Balaban J connectivity index is 2.07. The molecule has 0 unspecified atom stereocenters.